The van der Waals surface area contributed by atoms with Crippen molar-refractivity contribution < 1.29 is 8.42 Å². The van der Waals surface area contributed by atoms with Crippen molar-refractivity contribution in [1.29, 1.82) is 0 Å². The molecule has 0 aliphatic carbocycles. The van der Waals surface area contributed by atoms with Crippen molar-refractivity contribution in [1.82, 2.24) is 10.0 Å². The van der Waals surface area contributed by atoms with Gasteiger partial charge in [-0.15, -0.1) is 0 Å². The topological polar surface area (TPSA) is 58.2 Å². The van der Waals surface area contributed by atoms with Gasteiger partial charge < -0.3 is 5.32 Å². The van der Waals surface area contributed by atoms with Gasteiger partial charge in [-0.1, -0.05) is 26.0 Å². The van der Waals surface area contributed by atoms with Gasteiger partial charge in [0.25, 0.3) is 0 Å². The van der Waals surface area contributed by atoms with Crippen LogP contribution in [0.2, 0.25) is 0 Å². The summed E-state index contributed by atoms with van der Waals surface area (Å²) in [5, 5.41) is 3.28. The van der Waals surface area contributed by atoms with Gasteiger partial charge in [-0.2, -0.15) is 0 Å². The Bertz CT molecular complexity index is 441. The number of nitrogens with one attached hydrogen (secondary N) is 2. The predicted molar refractivity (Wildman–Crippen MR) is 73.9 cm³/mol. The Morgan fingerprint density at radius 1 is 1.00 bits per heavy atom. The van der Waals surface area contributed by atoms with Gasteiger partial charge in [0.1, 0.15) is 0 Å². The maximum absolute atomic E-state index is 11.8. The van der Waals surface area contributed by atoms with Crippen LogP contribution in [0.3, 0.4) is 0 Å². The fourth-order valence-electron chi connectivity index (χ4n) is 1.52. The molecule has 2 N–H and O–H groups in total. The lowest BCUT2D eigenvalue weighted by molar-refractivity contribution is 0.580. The Hall–Kier alpha value is -0.910. The molecular weight excluding hydrogens is 248 g/mol. The van der Waals surface area contributed by atoms with Gasteiger partial charge in [-0.3, -0.25) is 0 Å². The summed E-state index contributed by atoms with van der Waals surface area (Å²) < 4.78 is 26.2. The van der Waals surface area contributed by atoms with E-state index < -0.39 is 10.0 Å². The van der Waals surface area contributed by atoms with Gasteiger partial charge in [-0.25, -0.2) is 13.1 Å². The third-order valence-corrected chi connectivity index (χ3v) is 4.01. The Balaban J connectivity index is 2.64. The fourth-order valence-corrected chi connectivity index (χ4v) is 2.65. The maximum Gasteiger partial charge on any atom is 0.240 e. The first-order valence-electron chi connectivity index (χ1n) is 6.39. The van der Waals surface area contributed by atoms with Crippen molar-refractivity contribution in [2.45, 2.75) is 38.1 Å². The molecule has 0 amide bonds. The van der Waals surface area contributed by atoms with E-state index in [0.717, 1.165) is 31.5 Å². The third-order valence-electron chi connectivity index (χ3n) is 2.53. The van der Waals surface area contributed by atoms with Crippen LogP contribution in [0, 0.1) is 0 Å². The van der Waals surface area contributed by atoms with Crippen LogP contribution >= 0.6 is 0 Å². The lowest BCUT2D eigenvalue weighted by Crippen LogP contribution is -2.24. The van der Waals surface area contributed by atoms with Crippen LogP contribution in [0.25, 0.3) is 0 Å². The third kappa shape index (κ3) is 4.76. The quantitative estimate of drug-likeness (QED) is 0.709. The highest BCUT2D eigenvalue weighted by atomic mass is 32.2. The number of hydrogen-bond donors (Lipinski definition) is 2. The minimum atomic E-state index is -3.33. The normalized spacial score (nSPS) is 11.7. The number of rotatable bonds is 8. The molecule has 0 bridgehead atoms. The molecule has 0 aromatic heterocycles. The summed E-state index contributed by atoms with van der Waals surface area (Å²) in [6.45, 7) is 6.27. The van der Waals surface area contributed by atoms with Crippen LogP contribution in [0.1, 0.15) is 32.3 Å². The van der Waals surface area contributed by atoms with Crippen molar-refractivity contribution in [2.24, 2.45) is 0 Å². The van der Waals surface area contributed by atoms with Gasteiger partial charge >= 0.3 is 0 Å². The van der Waals surface area contributed by atoms with E-state index in [1.165, 1.54) is 0 Å². The second kappa shape index (κ2) is 7.51. The van der Waals surface area contributed by atoms with Crippen LogP contribution in [0.5, 0.6) is 0 Å². The molecule has 0 unspecified atom stereocenters. The molecular formula is C13H22N2O2S. The van der Waals surface area contributed by atoms with Crippen molar-refractivity contribution in [3.63, 3.8) is 0 Å². The van der Waals surface area contributed by atoms with Crippen molar-refractivity contribution in [3.8, 4) is 0 Å². The molecule has 0 atom stereocenters. The van der Waals surface area contributed by atoms with E-state index >= 15 is 0 Å². The highest BCUT2D eigenvalue weighted by Crippen LogP contribution is 2.10. The van der Waals surface area contributed by atoms with Crippen molar-refractivity contribution in [2.75, 3.05) is 13.1 Å². The SMILES string of the molecule is CCCNCc1ccc(S(=O)(=O)NCCC)cc1. The monoisotopic (exact) mass is 270 g/mol. The van der Waals surface area contributed by atoms with Gasteiger partial charge in [-0.05, 0) is 37.1 Å². The maximum atomic E-state index is 11.8. The van der Waals surface area contributed by atoms with E-state index in [2.05, 4.69) is 17.0 Å². The summed E-state index contributed by atoms with van der Waals surface area (Å²) in [6.07, 6.45) is 1.88. The van der Waals surface area contributed by atoms with Gasteiger partial charge in [0.15, 0.2) is 0 Å². The zero-order valence-corrected chi connectivity index (χ0v) is 11.9. The molecule has 1 aromatic rings. The zero-order valence-electron chi connectivity index (χ0n) is 11.1. The minimum absolute atomic E-state index is 0.329. The van der Waals surface area contributed by atoms with Crippen LogP contribution < -0.4 is 10.0 Å². The van der Waals surface area contributed by atoms with E-state index in [9.17, 15) is 8.42 Å². The summed E-state index contributed by atoms with van der Waals surface area (Å²) in [7, 11) is -3.33. The molecule has 1 aromatic carbocycles. The van der Waals surface area contributed by atoms with Crippen LogP contribution in [0.15, 0.2) is 29.2 Å². The van der Waals surface area contributed by atoms with Crippen molar-refractivity contribution >= 4 is 10.0 Å². The summed E-state index contributed by atoms with van der Waals surface area (Å²) in [4.78, 5) is 0.329. The molecule has 0 heterocycles. The Kier molecular flexibility index (Phi) is 6.32. The van der Waals surface area contributed by atoms with Gasteiger partial charge in [0, 0.05) is 13.1 Å². The summed E-state index contributed by atoms with van der Waals surface area (Å²) in [5.74, 6) is 0. The van der Waals surface area contributed by atoms with Crippen LogP contribution in [-0.4, -0.2) is 21.5 Å². The summed E-state index contributed by atoms with van der Waals surface area (Å²) in [5.41, 5.74) is 1.10. The highest BCUT2D eigenvalue weighted by Gasteiger charge is 2.12. The first kappa shape index (κ1) is 15.1. The molecule has 0 radical (unpaired) electrons. The second-order valence-electron chi connectivity index (χ2n) is 4.22. The smallest absolute Gasteiger partial charge is 0.240 e. The standard InChI is InChI=1S/C13H22N2O2S/c1-3-9-14-11-12-5-7-13(8-6-12)18(16,17)15-10-4-2/h5-8,14-15H,3-4,9-11H2,1-2H3. The number of hydrogen-bond acceptors (Lipinski definition) is 3. The minimum Gasteiger partial charge on any atom is -0.313 e. The Morgan fingerprint density at radius 2 is 1.61 bits per heavy atom. The fraction of sp³-hybridized carbons (Fsp3) is 0.538. The van der Waals surface area contributed by atoms with E-state index in [1.54, 1.807) is 12.1 Å². The molecule has 4 nitrogen and oxygen atoms in total. The average Bonchev–Trinajstić information content (AvgIpc) is 2.37. The Morgan fingerprint density at radius 3 is 2.17 bits per heavy atom. The number of benzene rings is 1. The zero-order chi connectivity index (χ0) is 13.4. The first-order valence-corrected chi connectivity index (χ1v) is 7.87. The first-order chi connectivity index (χ1) is 8.60. The number of sulfonamides is 1. The molecule has 0 fully saturated rings. The molecule has 0 aliphatic heterocycles. The molecule has 0 spiro atoms. The molecule has 18 heavy (non-hydrogen) atoms. The largest absolute Gasteiger partial charge is 0.313 e. The lowest BCUT2D eigenvalue weighted by atomic mass is 10.2. The molecule has 1 rings (SSSR count). The van der Waals surface area contributed by atoms with E-state index in [-0.39, 0.29) is 0 Å². The van der Waals surface area contributed by atoms with E-state index in [1.807, 2.05) is 19.1 Å². The van der Waals surface area contributed by atoms with E-state index in [0.29, 0.717) is 11.4 Å². The van der Waals surface area contributed by atoms with Gasteiger partial charge in [0.2, 0.25) is 10.0 Å². The summed E-state index contributed by atoms with van der Waals surface area (Å²) >= 11 is 0. The molecule has 102 valence electrons. The van der Waals surface area contributed by atoms with Crippen LogP contribution in [-0.2, 0) is 16.6 Å². The van der Waals surface area contributed by atoms with Crippen molar-refractivity contribution in [3.05, 3.63) is 29.8 Å². The molecule has 0 saturated carbocycles. The highest BCUT2D eigenvalue weighted by molar-refractivity contribution is 7.89. The predicted octanol–water partition coefficient (Wildman–Crippen LogP) is 1.87. The lowest BCUT2D eigenvalue weighted by Gasteiger charge is -2.07. The molecule has 0 aliphatic rings. The average molecular weight is 270 g/mol. The second-order valence-corrected chi connectivity index (χ2v) is 5.99. The van der Waals surface area contributed by atoms with Gasteiger partial charge in [0.05, 0.1) is 4.90 Å². The van der Waals surface area contributed by atoms with Crippen LogP contribution in [0.4, 0.5) is 0 Å². The van der Waals surface area contributed by atoms with E-state index in [4.69, 9.17) is 0 Å². The molecule has 5 heteroatoms. The summed E-state index contributed by atoms with van der Waals surface area (Å²) in [6, 6.07) is 7.01. The molecule has 0 saturated heterocycles. The Labute approximate surface area is 110 Å².